The minimum absolute atomic E-state index is 0.00868. The van der Waals surface area contributed by atoms with Gasteiger partial charge < -0.3 is 10.0 Å². The molecular formula is C20H26BClO2. The number of hydrogen-bond donors (Lipinski definition) is 2. The number of halogens is 1. The quantitative estimate of drug-likeness (QED) is 0.798. The normalized spacial score (nSPS) is 12.4. The molecule has 0 fully saturated rings. The molecule has 128 valence electrons. The van der Waals surface area contributed by atoms with Crippen LogP contribution in [0.25, 0.3) is 11.1 Å². The Balaban J connectivity index is 2.66. The lowest BCUT2D eigenvalue weighted by molar-refractivity contribution is 0.426. The van der Waals surface area contributed by atoms with Crippen LogP contribution in [0.2, 0.25) is 5.02 Å². The standard InChI is InChI=1S/C20H26BClO2/c1-19(2,3)13-8-10-17(21(23)24)16(11-13)15-9-7-14(12-18(15)22)20(4,5)6/h7-12,23-24H,1-6H3. The van der Waals surface area contributed by atoms with Gasteiger partial charge in [-0.05, 0) is 44.6 Å². The molecule has 2 aromatic carbocycles. The van der Waals surface area contributed by atoms with Gasteiger partial charge in [-0.2, -0.15) is 0 Å². The monoisotopic (exact) mass is 344 g/mol. The average molecular weight is 345 g/mol. The van der Waals surface area contributed by atoms with E-state index in [1.807, 2.05) is 24.3 Å². The van der Waals surface area contributed by atoms with Gasteiger partial charge in [-0.3, -0.25) is 0 Å². The summed E-state index contributed by atoms with van der Waals surface area (Å²) in [5, 5.41) is 20.1. The minimum atomic E-state index is -1.53. The predicted octanol–water partition coefficient (Wildman–Crippen LogP) is 4.28. The highest BCUT2D eigenvalue weighted by Crippen LogP contribution is 2.34. The summed E-state index contributed by atoms with van der Waals surface area (Å²) >= 11 is 6.55. The largest absolute Gasteiger partial charge is 0.489 e. The summed E-state index contributed by atoms with van der Waals surface area (Å²) in [6.45, 7) is 12.8. The molecule has 0 bridgehead atoms. The van der Waals surface area contributed by atoms with Gasteiger partial charge in [0, 0.05) is 5.02 Å². The number of rotatable bonds is 2. The topological polar surface area (TPSA) is 40.5 Å². The molecule has 2 aromatic rings. The third-order valence-electron chi connectivity index (χ3n) is 4.32. The van der Waals surface area contributed by atoms with Crippen LogP contribution in [-0.2, 0) is 10.8 Å². The maximum absolute atomic E-state index is 9.75. The molecule has 0 saturated carbocycles. The highest BCUT2D eigenvalue weighted by Gasteiger charge is 2.23. The molecule has 0 radical (unpaired) electrons. The van der Waals surface area contributed by atoms with Gasteiger partial charge in [-0.1, -0.05) is 83.5 Å². The Morgan fingerprint density at radius 1 is 0.750 bits per heavy atom. The number of hydrogen-bond acceptors (Lipinski definition) is 2. The Morgan fingerprint density at radius 3 is 1.71 bits per heavy atom. The fraction of sp³-hybridized carbons (Fsp3) is 0.400. The molecule has 0 amide bonds. The molecule has 4 heteroatoms. The van der Waals surface area contributed by atoms with Crippen LogP contribution in [0.1, 0.15) is 52.7 Å². The van der Waals surface area contributed by atoms with Gasteiger partial charge >= 0.3 is 7.12 Å². The summed E-state index contributed by atoms with van der Waals surface area (Å²) in [7, 11) is -1.53. The lowest BCUT2D eigenvalue weighted by Gasteiger charge is -2.23. The van der Waals surface area contributed by atoms with Crippen molar-refractivity contribution in [1.82, 2.24) is 0 Å². The average Bonchev–Trinajstić information content (AvgIpc) is 2.44. The second-order valence-corrected chi connectivity index (χ2v) is 8.78. The van der Waals surface area contributed by atoms with Gasteiger partial charge in [0.25, 0.3) is 0 Å². The van der Waals surface area contributed by atoms with E-state index < -0.39 is 7.12 Å². The van der Waals surface area contributed by atoms with Crippen molar-refractivity contribution < 1.29 is 10.0 Å². The maximum atomic E-state index is 9.75. The van der Waals surface area contributed by atoms with E-state index in [2.05, 4.69) is 47.6 Å². The van der Waals surface area contributed by atoms with Crippen molar-refractivity contribution in [3.63, 3.8) is 0 Å². The van der Waals surface area contributed by atoms with Crippen LogP contribution in [0.15, 0.2) is 36.4 Å². The van der Waals surface area contributed by atoms with Crippen molar-refractivity contribution in [2.45, 2.75) is 52.4 Å². The van der Waals surface area contributed by atoms with Crippen LogP contribution in [0.4, 0.5) is 0 Å². The van der Waals surface area contributed by atoms with E-state index in [-0.39, 0.29) is 10.8 Å². The fourth-order valence-corrected chi connectivity index (χ4v) is 2.96. The third kappa shape index (κ3) is 4.03. The second-order valence-electron chi connectivity index (χ2n) is 8.37. The Bertz CT molecular complexity index is 740. The molecule has 0 heterocycles. The molecule has 0 spiro atoms. The second kappa shape index (κ2) is 6.55. The van der Waals surface area contributed by atoms with E-state index >= 15 is 0 Å². The van der Waals surface area contributed by atoms with Gasteiger partial charge in [0.05, 0.1) is 0 Å². The third-order valence-corrected chi connectivity index (χ3v) is 4.64. The van der Waals surface area contributed by atoms with E-state index in [1.165, 1.54) is 0 Å². The summed E-state index contributed by atoms with van der Waals surface area (Å²) in [4.78, 5) is 0. The highest BCUT2D eigenvalue weighted by molar-refractivity contribution is 6.60. The van der Waals surface area contributed by atoms with Crippen LogP contribution in [0.3, 0.4) is 0 Å². The smallest absolute Gasteiger partial charge is 0.423 e. The lowest BCUT2D eigenvalue weighted by atomic mass is 9.73. The van der Waals surface area contributed by atoms with Gasteiger partial charge in [-0.25, -0.2) is 0 Å². The Hall–Kier alpha value is -1.29. The van der Waals surface area contributed by atoms with Crippen molar-refractivity contribution in [2.24, 2.45) is 0 Å². The molecule has 0 aliphatic carbocycles. The minimum Gasteiger partial charge on any atom is -0.423 e. The van der Waals surface area contributed by atoms with Crippen molar-refractivity contribution in [1.29, 1.82) is 0 Å². The molecule has 2 nitrogen and oxygen atoms in total. The molecule has 0 aromatic heterocycles. The van der Waals surface area contributed by atoms with E-state index in [0.717, 1.165) is 22.3 Å². The highest BCUT2D eigenvalue weighted by atomic mass is 35.5. The molecule has 0 saturated heterocycles. The zero-order valence-electron chi connectivity index (χ0n) is 15.3. The first kappa shape index (κ1) is 19.0. The van der Waals surface area contributed by atoms with Crippen LogP contribution in [-0.4, -0.2) is 17.2 Å². The molecule has 0 aliphatic rings. The van der Waals surface area contributed by atoms with Crippen molar-refractivity contribution in [2.75, 3.05) is 0 Å². The summed E-state index contributed by atoms with van der Waals surface area (Å²) in [6, 6.07) is 11.7. The molecule has 2 N–H and O–H groups in total. The van der Waals surface area contributed by atoms with Crippen LogP contribution in [0.5, 0.6) is 0 Å². The number of benzene rings is 2. The van der Waals surface area contributed by atoms with Crippen molar-refractivity contribution >= 4 is 24.2 Å². The zero-order valence-corrected chi connectivity index (χ0v) is 16.1. The Morgan fingerprint density at radius 2 is 1.25 bits per heavy atom. The van der Waals surface area contributed by atoms with E-state index in [0.29, 0.717) is 10.5 Å². The maximum Gasteiger partial charge on any atom is 0.489 e. The van der Waals surface area contributed by atoms with Crippen molar-refractivity contribution in [3.8, 4) is 11.1 Å². The van der Waals surface area contributed by atoms with Crippen LogP contribution >= 0.6 is 11.6 Å². The van der Waals surface area contributed by atoms with Crippen LogP contribution in [0, 0.1) is 0 Å². The summed E-state index contributed by atoms with van der Waals surface area (Å²) in [5.41, 5.74) is 4.29. The van der Waals surface area contributed by atoms with Crippen LogP contribution < -0.4 is 5.46 Å². The molecule has 0 atom stereocenters. The molecule has 0 aliphatic heterocycles. The zero-order chi connectivity index (χ0) is 18.3. The molecular weight excluding hydrogens is 318 g/mol. The molecule has 0 unspecified atom stereocenters. The van der Waals surface area contributed by atoms with Gasteiger partial charge in [0.15, 0.2) is 0 Å². The lowest BCUT2D eigenvalue weighted by Crippen LogP contribution is -2.32. The fourth-order valence-electron chi connectivity index (χ4n) is 2.68. The van der Waals surface area contributed by atoms with Gasteiger partial charge in [-0.15, -0.1) is 0 Å². The summed E-state index contributed by atoms with van der Waals surface area (Å²) in [5.74, 6) is 0. The Kier molecular flexibility index (Phi) is 5.20. The van der Waals surface area contributed by atoms with Gasteiger partial charge in [0.1, 0.15) is 0 Å². The van der Waals surface area contributed by atoms with E-state index in [1.54, 1.807) is 6.07 Å². The summed E-state index contributed by atoms with van der Waals surface area (Å²) < 4.78 is 0. The SMILES string of the molecule is CC(C)(C)c1ccc(-c2cc(C(C)(C)C)ccc2B(O)O)c(Cl)c1. The molecule has 2 rings (SSSR count). The predicted molar refractivity (Wildman–Crippen MR) is 104 cm³/mol. The first-order valence-electron chi connectivity index (χ1n) is 8.22. The van der Waals surface area contributed by atoms with E-state index in [4.69, 9.17) is 11.6 Å². The first-order chi connectivity index (χ1) is 10.9. The van der Waals surface area contributed by atoms with Gasteiger partial charge in [0.2, 0.25) is 0 Å². The van der Waals surface area contributed by atoms with E-state index in [9.17, 15) is 10.0 Å². The summed E-state index contributed by atoms with van der Waals surface area (Å²) in [6.07, 6.45) is 0. The molecule has 24 heavy (non-hydrogen) atoms. The first-order valence-corrected chi connectivity index (χ1v) is 8.60. The van der Waals surface area contributed by atoms with Crippen molar-refractivity contribution in [3.05, 3.63) is 52.5 Å². The Labute approximate surface area is 150 Å².